The van der Waals surface area contributed by atoms with Crippen LogP contribution < -0.4 is 15.4 Å². The third-order valence-corrected chi connectivity index (χ3v) is 4.68. The number of benzene rings is 2. The number of nitrogens with zero attached hydrogens (tertiary/aromatic N) is 2. The van der Waals surface area contributed by atoms with Crippen molar-refractivity contribution in [2.75, 3.05) is 17.7 Å². The van der Waals surface area contributed by atoms with Gasteiger partial charge in [0, 0.05) is 17.1 Å². The number of anilines is 2. The van der Waals surface area contributed by atoms with E-state index < -0.39 is 0 Å². The number of carbonyl (C=O) groups is 1. The molecule has 0 spiro atoms. The first-order valence-electron chi connectivity index (χ1n) is 8.77. The molecule has 0 aliphatic heterocycles. The van der Waals surface area contributed by atoms with Gasteiger partial charge >= 0.3 is 0 Å². The SMILES string of the molecule is COc1cc(Cl)c(C)cc1NC(=O)c1cnc(NC(C)c2ccccc2)cn1. The van der Waals surface area contributed by atoms with Crippen LogP contribution in [0.15, 0.2) is 54.9 Å². The zero-order valence-electron chi connectivity index (χ0n) is 15.9. The first-order valence-corrected chi connectivity index (χ1v) is 9.14. The predicted molar refractivity (Wildman–Crippen MR) is 111 cm³/mol. The molecule has 1 heterocycles. The highest BCUT2D eigenvalue weighted by atomic mass is 35.5. The van der Waals surface area contributed by atoms with Crippen LogP contribution in [-0.4, -0.2) is 23.0 Å². The van der Waals surface area contributed by atoms with E-state index in [4.69, 9.17) is 16.3 Å². The third kappa shape index (κ3) is 4.58. The molecule has 0 bridgehead atoms. The van der Waals surface area contributed by atoms with Crippen LogP contribution in [0, 0.1) is 6.92 Å². The van der Waals surface area contributed by atoms with Crippen molar-refractivity contribution in [3.63, 3.8) is 0 Å². The average Bonchev–Trinajstić information content (AvgIpc) is 2.71. The Morgan fingerprint density at radius 1 is 1.14 bits per heavy atom. The molecule has 1 unspecified atom stereocenters. The molecule has 0 saturated carbocycles. The van der Waals surface area contributed by atoms with Crippen LogP contribution in [0.1, 0.15) is 34.6 Å². The Balaban J connectivity index is 1.70. The van der Waals surface area contributed by atoms with Crippen LogP contribution in [0.2, 0.25) is 5.02 Å². The lowest BCUT2D eigenvalue weighted by atomic mass is 10.1. The molecule has 7 heteroatoms. The van der Waals surface area contributed by atoms with Crippen LogP contribution >= 0.6 is 11.6 Å². The quantitative estimate of drug-likeness (QED) is 0.621. The average molecular weight is 397 g/mol. The predicted octanol–water partition coefficient (Wildman–Crippen LogP) is 4.87. The van der Waals surface area contributed by atoms with Crippen molar-refractivity contribution in [2.24, 2.45) is 0 Å². The van der Waals surface area contributed by atoms with Gasteiger partial charge in [0.1, 0.15) is 17.3 Å². The number of methoxy groups -OCH3 is 1. The van der Waals surface area contributed by atoms with Crippen LogP contribution in [0.5, 0.6) is 5.75 Å². The summed E-state index contributed by atoms with van der Waals surface area (Å²) in [7, 11) is 1.52. The summed E-state index contributed by atoms with van der Waals surface area (Å²) >= 11 is 6.10. The largest absolute Gasteiger partial charge is 0.495 e. The highest BCUT2D eigenvalue weighted by Crippen LogP contribution is 2.31. The Hall–Kier alpha value is -3.12. The maximum atomic E-state index is 12.5. The fourth-order valence-corrected chi connectivity index (χ4v) is 2.84. The first-order chi connectivity index (χ1) is 13.5. The lowest BCUT2D eigenvalue weighted by Gasteiger charge is -2.15. The van der Waals surface area contributed by atoms with Crippen molar-refractivity contribution in [1.29, 1.82) is 0 Å². The first kappa shape index (κ1) is 19.6. The Bertz CT molecular complexity index is 962. The topological polar surface area (TPSA) is 76.1 Å². The van der Waals surface area contributed by atoms with E-state index in [1.807, 2.05) is 44.2 Å². The van der Waals surface area contributed by atoms with E-state index in [0.29, 0.717) is 22.3 Å². The molecule has 2 N–H and O–H groups in total. The summed E-state index contributed by atoms with van der Waals surface area (Å²) in [4.78, 5) is 21.0. The highest BCUT2D eigenvalue weighted by molar-refractivity contribution is 6.31. The van der Waals surface area contributed by atoms with E-state index >= 15 is 0 Å². The molecule has 2 aromatic carbocycles. The number of rotatable bonds is 6. The minimum absolute atomic E-state index is 0.0662. The monoisotopic (exact) mass is 396 g/mol. The molecule has 6 nitrogen and oxygen atoms in total. The van der Waals surface area contributed by atoms with E-state index in [9.17, 15) is 4.79 Å². The molecule has 0 radical (unpaired) electrons. The molecule has 1 amide bonds. The van der Waals surface area contributed by atoms with Crippen molar-refractivity contribution >= 4 is 29.0 Å². The number of aryl methyl sites for hydroxylation is 1. The molecule has 0 fully saturated rings. The summed E-state index contributed by atoms with van der Waals surface area (Å²) in [6.45, 7) is 3.89. The van der Waals surface area contributed by atoms with Gasteiger partial charge in [-0.3, -0.25) is 4.79 Å². The minimum Gasteiger partial charge on any atom is -0.495 e. The van der Waals surface area contributed by atoms with Crippen molar-refractivity contribution in [2.45, 2.75) is 19.9 Å². The molecular weight excluding hydrogens is 376 g/mol. The number of hydrogen-bond donors (Lipinski definition) is 2. The summed E-state index contributed by atoms with van der Waals surface area (Å²) in [5.41, 5.74) is 2.69. The molecule has 1 atom stereocenters. The molecule has 3 rings (SSSR count). The number of hydrogen-bond acceptors (Lipinski definition) is 5. The van der Waals surface area contributed by atoms with E-state index in [1.54, 1.807) is 18.3 Å². The van der Waals surface area contributed by atoms with Gasteiger partial charge in [-0.1, -0.05) is 41.9 Å². The molecule has 0 aliphatic carbocycles. The zero-order chi connectivity index (χ0) is 20.1. The number of ether oxygens (including phenoxy) is 1. The number of carbonyl (C=O) groups excluding carboxylic acids is 1. The van der Waals surface area contributed by atoms with E-state index in [-0.39, 0.29) is 17.6 Å². The second-order valence-corrected chi connectivity index (χ2v) is 6.73. The summed E-state index contributed by atoms with van der Waals surface area (Å²) in [5.74, 6) is 0.690. The summed E-state index contributed by atoms with van der Waals surface area (Å²) in [6.07, 6.45) is 2.98. The van der Waals surface area contributed by atoms with Gasteiger partial charge in [0.25, 0.3) is 5.91 Å². The Labute approximate surface area is 168 Å². The van der Waals surface area contributed by atoms with Gasteiger partial charge in [-0.05, 0) is 31.0 Å². The van der Waals surface area contributed by atoms with Crippen LogP contribution in [-0.2, 0) is 0 Å². The normalized spacial score (nSPS) is 11.6. The third-order valence-electron chi connectivity index (χ3n) is 4.28. The van der Waals surface area contributed by atoms with Gasteiger partial charge in [-0.25, -0.2) is 9.97 Å². The van der Waals surface area contributed by atoms with Crippen LogP contribution in [0.4, 0.5) is 11.5 Å². The van der Waals surface area contributed by atoms with Gasteiger partial charge in [-0.2, -0.15) is 0 Å². The van der Waals surface area contributed by atoms with Gasteiger partial charge in [0.05, 0.1) is 25.2 Å². The summed E-state index contributed by atoms with van der Waals surface area (Å²) in [5, 5.41) is 6.62. The maximum Gasteiger partial charge on any atom is 0.275 e. The Morgan fingerprint density at radius 2 is 1.89 bits per heavy atom. The number of amides is 1. The van der Waals surface area contributed by atoms with E-state index in [2.05, 4.69) is 20.6 Å². The lowest BCUT2D eigenvalue weighted by Crippen LogP contribution is -2.16. The number of halogens is 1. The Kier molecular flexibility index (Phi) is 6.11. The standard InChI is InChI=1S/C21H21ClN4O2/c1-13-9-17(19(28-3)10-16(13)22)26-21(27)18-11-24-20(12-23-18)25-14(2)15-7-5-4-6-8-15/h4-12,14H,1-3H3,(H,24,25)(H,26,27). The van der Waals surface area contributed by atoms with Crippen molar-refractivity contribution in [3.05, 3.63) is 76.7 Å². The smallest absolute Gasteiger partial charge is 0.275 e. The fraction of sp³-hybridized carbons (Fsp3) is 0.190. The molecule has 28 heavy (non-hydrogen) atoms. The molecule has 144 valence electrons. The van der Waals surface area contributed by atoms with Gasteiger partial charge < -0.3 is 15.4 Å². The molecule has 0 saturated heterocycles. The number of nitrogens with one attached hydrogen (secondary N) is 2. The lowest BCUT2D eigenvalue weighted by molar-refractivity contribution is 0.102. The second-order valence-electron chi connectivity index (χ2n) is 6.32. The van der Waals surface area contributed by atoms with Crippen molar-refractivity contribution < 1.29 is 9.53 Å². The van der Waals surface area contributed by atoms with Gasteiger partial charge in [0.15, 0.2) is 0 Å². The van der Waals surface area contributed by atoms with Crippen molar-refractivity contribution in [1.82, 2.24) is 9.97 Å². The van der Waals surface area contributed by atoms with E-state index in [1.165, 1.54) is 13.3 Å². The second kappa shape index (κ2) is 8.71. The summed E-state index contributed by atoms with van der Waals surface area (Å²) in [6, 6.07) is 13.5. The maximum absolute atomic E-state index is 12.5. The summed E-state index contributed by atoms with van der Waals surface area (Å²) < 4.78 is 5.28. The van der Waals surface area contributed by atoms with Crippen molar-refractivity contribution in [3.8, 4) is 5.75 Å². The van der Waals surface area contributed by atoms with Gasteiger partial charge in [0.2, 0.25) is 0 Å². The Morgan fingerprint density at radius 3 is 2.54 bits per heavy atom. The molecule has 3 aromatic rings. The zero-order valence-corrected chi connectivity index (χ0v) is 16.6. The van der Waals surface area contributed by atoms with Crippen LogP contribution in [0.25, 0.3) is 0 Å². The molecular formula is C21H21ClN4O2. The van der Waals surface area contributed by atoms with E-state index in [0.717, 1.165) is 11.1 Å². The molecule has 1 aromatic heterocycles. The minimum atomic E-state index is -0.379. The van der Waals surface area contributed by atoms with Gasteiger partial charge in [-0.15, -0.1) is 0 Å². The molecule has 0 aliphatic rings. The number of aromatic nitrogens is 2. The fourth-order valence-electron chi connectivity index (χ4n) is 2.68. The van der Waals surface area contributed by atoms with Crippen LogP contribution in [0.3, 0.4) is 0 Å². The highest BCUT2D eigenvalue weighted by Gasteiger charge is 2.14.